The van der Waals surface area contributed by atoms with E-state index in [0.29, 0.717) is 6.61 Å². The van der Waals surface area contributed by atoms with E-state index < -0.39 is 0 Å². The number of nitrogens with two attached hydrogens (primary N) is 1. The second kappa shape index (κ2) is 3.40. The smallest absolute Gasteiger partial charge is 0.123 e. The van der Waals surface area contributed by atoms with Gasteiger partial charge in [0.1, 0.15) is 5.82 Å². The number of nitrogens with zero attached hydrogens (tertiary/aromatic N) is 1. The Morgan fingerprint density at radius 3 is 3.00 bits per heavy atom. The molecule has 0 aliphatic carbocycles. The minimum Gasteiger partial charge on any atom is -0.350 e. The van der Waals surface area contributed by atoms with E-state index in [2.05, 4.69) is 4.84 Å². The number of fused-ring (bicyclic) bond motifs is 1. The highest BCUT2D eigenvalue weighted by molar-refractivity contribution is 5.83. The number of aromatic nitrogens is 1. The first-order valence-electron chi connectivity index (χ1n) is 4.27. The van der Waals surface area contributed by atoms with Crippen LogP contribution in [0.25, 0.3) is 10.9 Å². The van der Waals surface area contributed by atoms with E-state index >= 15 is 0 Å². The molecule has 0 atom stereocenters. The molecular formula is C10H11FN2O. The maximum absolute atomic E-state index is 13.0. The molecule has 0 saturated carbocycles. The zero-order chi connectivity index (χ0) is 10.1. The van der Waals surface area contributed by atoms with Gasteiger partial charge in [-0.3, -0.25) is 4.84 Å². The molecule has 0 bridgehead atoms. The standard InChI is InChI=1S/C10H11FN2O/c1-13-5-7(6-14-12)9-4-8(11)2-3-10(9)13/h2-5H,6,12H2,1H3. The van der Waals surface area contributed by atoms with Crippen molar-refractivity contribution < 1.29 is 9.23 Å². The summed E-state index contributed by atoms with van der Waals surface area (Å²) in [5, 5.41) is 0.845. The highest BCUT2D eigenvalue weighted by Gasteiger charge is 2.06. The van der Waals surface area contributed by atoms with Gasteiger partial charge in [0.15, 0.2) is 0 Å². The van der Waals surface area contributed by atoms with Crippen LogP contribution in [0.15, 0.2) is 24.4 Å². The van der Waals surface area contributed by atoms with Crippen LogP contribution in [-0.2, 0) is 18.5 Å². The largest absolute Gasteiger partial charge is 0.350 e. The average molecular weight is 194 g/mol. The second-order valence-electron chi connectivity index (χ2n) is 3.24. The van der Waals surface area contributed by atoms with E-state index in [1.807, 2.05) is 17.8 Å². The molecule has 0 fully saturated rings. The molecule has 1 aromatic heterocycles. The molecule has 1 aromatic carbocycles. The van der Waals surface area contributed by atoms with Crippen molar-refractivity contribution in [3.05, 3.63) is 35.8 Å². The molecule has 0 unspecified atom stereocenters. The third-order valence-corrected chi connectivity index (χ3v) is 2.27. The van der Waals surface area contributed by atoms with E-state index in [1.165, 1.54) is 12.1 Å². The number of halogens is 1. The Bertz CT molecular complexity index is 464. The van der Waals surface area contributed by atoms with Crippen LogP contribution in [0.1, 0.15) is 5.56 Å². The number of hydrogen-bond acceptors (Lipinski definition) is 2. The maximum Gasteiger partial charge on any atom is 0.123 e. The summed E-state index contributed by atoms with van der Waals surface area (Å²) in [4.78, 5) is 4.55. The molecule has 1 heterocycles. The second-order valence-corrected chi connectivity index (χ2v) is 3.24. The summed E-state index contributed by atoms with van der Waals surface area (Å²) in [7, 11) is 1.90. The molecule has 0 saturated heterocycles. The third kappa shape index (κ3) is 1.38. The highest BCUT2D eigenvalue weighted by Crippen LogP contribution is 2.21. The van der Waals surface area contributed by atoms with Crippen molar-refractivity contribution in [2.45, 2.75) is 6.61 Å². The van der Waals surface area contributed by atoms with E-state index in [0.717, 1.165) is 16.5 Å². The molecule has 0 amide bonds. The molecular weight excluding hydrogens is 183 g/mol. The molecule has 0 aliphatic rings. The summed E-state index contributed by atoms with van der Waals surface area (Å²) in [6.45, 7) is 0.292. The van der Waals surface area contributed by atoms with Crippen LogP contribution in [0.2, 0.25) is 0 Å². The topological polar surface area (TPSA) is 40.2 Å². The molecule has 2 N–H and O–H groups in total. The minimum absolute atomic E-state index is 0.248. The van der Waals surface area contributed by atoms with Crippen LogP contribution < -0.4 is 5.90 Å². The summed E-state index contributed by atoms with van der Waals surface area (Å²) < 4.78 is 14.9. The summed E-state index contributed by atoms with van der Waals surface area (Å²) in [6, 6.07) is 4.67. The fourth-order valence-electron chi connectivity index (χ4n) is 1.65. The van der Waals surface area contributed by atoms with Gasteiger partial charge in [-0.1, -0.05) is 0 Å². The minimum atomic E-state index is -0.248. The third-order valence-electron chi connectivity index (χ3n) is 2.27. The van der Waals surface area contributed by atoms with Gasteiger partial charge in [-0.2, -0.15) is 0 Å². The van der Waals surface area contributed by atoms with Gasteiger partial charge < -0.3 is 4.57 Å². The predicted molar refractivity (Wildman–Crippen MR) is 51.9 cm³/mol. The van der Waals surface area contributed by atoms with Gasteiger partial charge in [-0.15, -0.1) is 0 Å². The zero-order valence-corrected chi connectivity index (χ0v) is 7.83. The Morgan fingerprint density at radius 1 is 1.50 bits per heavy atom. The van der Waals surface area contributed by atoms with Gasteiger partial charge in [-0.05, 0) is 18.2 Å². The normalized spacial score (nSPS) is 11.1. The Morgan fingerprint density at radius 2 is 2.29 bits per heavy atom. The van der Waals surface area contributed by atoms with Crippen LogP contribution in [-0.4, -0.2) is 4.57 Å². The monoisotopic (exact) mass is 194 g/mol. The first kappa shape index (κ1) is 9.18. The molecule has 74 valence electrons. The van der Waals surface area contributed by atoms with E-state index in [1.54, 1.807) is 6.07 Å². The van der Waals surface area contributed by atoms with Crippen molar-refractivity contribution >= 4 is 10.9 Å². The first-order chi connectivity index (χ1) is 6.72. The maximum atomic E-state index is 13.0. The lowest BCUT2D eigenvalue weighted by molar-refractivity contribution is 0.125. The Labute approximate surface area is 80.8 Å². The predicted octanol–water partition coefficient (Wildman–Crippen LogP) is 1.71. The van der Waals surface area contributed by atoms with Crippen LogP contribution in [0.4, 0.5) is 4.39 Å². The summed E-state index contributed by atoms with van der Waals surface area (Å²) >= 11 is 0. The number of rotatable bonds is 2. The SMILES string of the molecule is Cn1cc(CON)c2cc(F)ccc21. The quantitative estimate of drug-likeness (QED) is 0.739. The molecule has 4 heteroatoms. The van der Waals surface area contributed by atoms with E-state index in [9.17, 15) is 4.39 Å². The molecule has 2 aromatic rings. The molecule has 14 heavy (non-hydrogen) atoms. The lowest BCUT2D eigenvalue weighted by Crippen LogP contribution is -1.97. The average Bonchev–Trinajstić information content (AvgIpc) is 2.44. The lowest BCUT2D eigenvalue weighted by Gasteiger charge is -1.96. The van der Waals surface area contributed by atoms with Crippen molar-refractivity contribution in [1.82, 2.24) is 4.57 Å². The summed E-state index contributed by atoms with van der Waals surface area (Å²) in [5.41, 5.74) is 1.86. The molecule has 2 rings (SSSR count). The van der Waals surface area contributed by atoms with Crippen LogP contribution in [0, 0.1) is 5.82 Å². The molecule has 0 radical (unpaired) electrons. The summed E-state index contributed by atoms with van der Waals surface area (Å²) in [6.07, 6.45) is 1.89. The Hall–Kier alpha value is -1.39. The molecule has 3 nitrogen and oxygen atoms in total. The van der Waals surface area contributed by atoms with Gasteiger partial charge in [-0.25, -0.2) is 10.3 Å². The molecule has 0 spiro atoms. The Kier molecular flexibility index (Phi) is 2.23. The van der Waals surface area contributed by atoms with Crippen molar-refractivity contribution in [3.8, 4) is 0 Å². The van der Waals surface area contributed by atoms with Crippen molar-refractivity contribution in [2.75, 3.05) is 0 Å². The fraction of sp³-hybridized carbons (Fsp3) is 0.200. The van der Waals surface area contributed by atoms with Crippen LogP contribution in [0.5, 0.6) is 0 Å². The first-order valence-corrected chi connectivity index (χ1v) is 4.27. The van der Waals surface area contributed by atoms with Crippen molar-refractivity contribution in [1.29, 1.82) is 0 Å². The Balaban J connectivity index is 2.66. The van der Waals surface area contributed by atoms with Crippen molar-refractivity contribution in [2.24, 2.45) is 12.9 Å². The van der Waals surface area contributed by atoms with Crippen LogP contribution >= 0.6 is 0 Å². The van der Waals surface area contributed by atoms with Gasteiger partial charge in [0.05, 0.1) is 6.61 Å². The number of benzene rings is 1. The van der Waals surface area contributed by atoms with Crippen LogP contribution in [0.3, 0.4) is 0 Å². The summed E-state index contributed by atoms with van der Waals surface area (Å²) in [5.74, 6) is 4.75. The van der Waals surface area contributed by atoms with Crippen molar-refractivity contribution in [3.63, 3.8) is 0 Å². The van der Waals surface area contributed by atoms with E-state index in [4.69, 9.17) is 5.90 Å². The zero-order valence-electron chi connectivity index (χ0n) is 7.83. The fourth-order valence-corrected chi connectivity index (χ4v) is 1.65. The van der Waals surface area contributed by atoms with Gasteiger partial charge in [0.2, 0.25) is 0 Å². The number of hydrogen-bond donors (Lipinski definition) is 1. The van der Waals surface area contributed by atoms with Gasteiger partial charge >= 0.3 is 0 Å². The highest BCUT2D eigenvalue weighted by atomic mass is 19.1. The number of aryl methyl sites for hydroxylation is 1. The van der Waals surface area contributed by atoms with Gasteiger partial charge in [0, 0.05) is 29.7 Å². The lowest BCUT2D eigenvalue weighted by atomic mass is 10.2. The van der Waals surface area contributed by atoms with E-state index in [-0.39, 0.29) is 5.82 Å². The van der Waals surface area contributed by atoms with Gasteiger partial charge in [0.25, 0.3) is 0 Å². The molecule has 0 aliphatic heterocycles.